The molecule has 0 radical (unpaired) electrons. The number of amides is 4. The summed E-state index contributed by atoms with van der Waals surface area (Å²) >= 11 is 0. The fourth-order valence-corrected chi connectivity index (χ4v) is 5.07. The van der Waals surface area contributed by atoms with Crippen LogP contribution >= 0.6 is 0 Å². The number of nitrogens with one attached hydrogen (secondary N) is 1. The molecule has 45 heavy (non-hydrogen) atoms. The second kappa shape index (κ2) is 12.8. The fourth-order valence-electron chi connectivity index (χ4n) is 5.07. The Bertz CT molecular complexity index is 1920. The number of benzene rings is 5. The van der Waals surface area contributed by atoms with Crippen LogP contribution in [0.4, 0.5) is 10.5 Å². The van der Waals surface area contributed by atoms with Crippen LogP contribution in [0.25, 0.3) is 16.8 Å². The van der Waals surface area contributed by atoms with Crippen molar-refractivity contribution in [2.24, 2.45) is 0 Å². The largest absolute Gasteiger partial charge is 0.493 e. The topological polar surface area (TPSA) is 94.2 Å². The van der Waals surface area contributed by atoms with Gasteiger partial charge in [-0.25, -0.2) is 9.69 Å². The van der Waals surface area contributed by atoms with E-state index in [1.54, 1.807) is 42.5 Å². The van der Waals surface area contributed by atoms with Gasteiger partial charge in [0.15, 0.2) is 11.5 Å². The Hall–Kier alpha value is -5.89. The first-order chi connectivity index (χ1) is 21.9. The molecule has 4 amide bonds. The van der Waals surface area contributed by atoms with Crippen LogP contribution in [0.1, 0.15) is 22.3 Å². The van der Waals surface area contributed by atoms with Gasteiger partial charge in [-0.05, 0) is 76.9 Å². The van der Waals surface area contributed by atoms with Crippen molar-refractivity contribution in [3.05, 3.63) is 137 Å². The molecule has 0 atom stereocenters. The lowest BCUT2D eigenvalue weighted by Crippen LogP contribution is -2.54. The van der Waals surface area contributed by atoms with E-state index in [2.05, 4.69) is 23.5 Å². The third-order valence-electron chi connectivity index (χ3n) is 7.48. The number of fused-ring (bicyclic) bond motifs is 1. The van der Waals surface area contributed by atoms with Gasteiger partial charge in [0.25, 0.3) is 11.8 Å². The summed E-state index contributed by atoms with van der Waals surface area (Å²) in [5.74, 6) is -0.0105. The number of barbiturate groups is 1. The lowest BCUT2D eigenvalue weighted by Gasteiger charge is -2.26. The average Bonchev–Trinajstić information content (AvgIpc) is 3.06. The maximum atomic E-state index is 13.5. The van der Waals surface area contributed by atoms with Crippen LogP contribution in [0.3, 0.4) is 0 Å². The molecule has 8 heteroatoms. The summed E-state index contributed by atoms with van der Waals surface area (Å²) in [6.07, 6.45) is 1.42. The summed E-state index contributed by atoms with van der Waals surface area (Å²) < 4.78 is 17.5. The number of imide groups is 2. The van der Waals surface area contributed by atoms with E-state index in [0.29, 0.717) is 41.7 Å². The molecule has 0 aromatic heterocycles. The van der Waals surface area contributed by atoms with Crippen molar-refractivity contribution < 1.29 is 28.6 Å². The molecule has 1 aliphatic rings. The Morgan fingerprint density at radius 1 is 0.756 bits per heavy atom. The van der Waals surface area contributed by atoms with Crippen LogP contribution in [-0.2, 0) is 22.8 Å². The predicted octanol–water partition coefficient (Wildman–Crippen LogP) is 6.98. The highest BCUT2D eigenvalue weighted by molar-refractivity contribution is 6.39. The monoisotopic (exact) mass is 598 g/mol. The minimum absolute atomic E-state index is 0.194. The summed E-state index contributed by atoms with van der Waals surface area (Å²) in [5.41, 5.74) is 3.84. The number of hydrogen-bond donors (Lipinski definition) is 1. The van der Waals surface area contributed by atoms with E-state index >= 15 is 0 Å². The first-order valence-corrected chi connectivity index (χ1v) is 14.4. The second-order valence-electron chi connectivity index (χ2n) is 10.6. The van der Waals surface area contributed by atoms with Gasteiger partial charge in [0.05, 0.1) is 12.8 Å². The first kappa shape index (κ1) is 29.2. The molecule has 6 rings (SSSR count). The summed E-state index contributed by atoms with van der Waals surface area (Å²) in [4.78, 5) is 39.9. The Kier molecular flexibility index (Phi) is 8.28. The van der Waals surface area contributed by atoms with Crippen molar-refractivity contribution in [1.29, 1.82) is 0 Å². The number of rotatable bonds is 9. The molecular weight excluding hydrogens is 568 g/mol. The summed E-state index contributed by atoms with van der Waals surface area (Å²) in [6.45, 7) is 2.72. The lowest BCUT2D eigenvalue weighted by atomic mass is 10.1. The molecule has 1 heterocycles. The van der Waals surface area contributed by atoms with Gasteiger partial charge in [-0.2, -0.15) is 0 Å². The quantitative estimate of drug-likeness (QED) is 0.145. The Morgan fingerprint density at radius 3 is 2.29 bits per heavy atom. The van der Waals surface area contributed by atoms with E-state index in [1.165, 1.54) is 13.2 Å². The van der Waals surface area contributed by atoms with Crippen LogP contribution in [-0.4, -0.2) is 25.0 Å². The van der Waals surface area contributed by atoms with Crippen LogP contribution < -0.4 is 24.4 Å². The van der Waals surface area contributed by atoms with Gasteiger partial charge in [-0.15, -0.1) is 0 Å². The van der Waals surface area contributed by atoms with Crippen molar-refractivity contribution in [2.45, 2.75) is 20.1 Å². The number of carbonyl (C=O) groups excluding carboxylic acids is 3. The maximum absolute atomic E-state index is 13.5. The van der Waals surface area contributed by atoms with Crippen molar-refractivity contribution >= 4 is 40.4 Å². The number of carbonyl (C=O) groups is 3. The molecular formula is C37H30N2O6. The first-order valence-electron chi connectivity index (χ1n) is 14.4. The number of hydrogen-bond acceptors (Lipinski definition) is 6. The van der Waals surface area contributed by atoms with Gasteiger partial charge in [-0.3, -0.25) is 14.9 Å². The zero-order chi connectivity index (χ0) is 31.3. The zero-order valence-corrected chi connectivity index (χ0v) is 24.8. The van der Waals surface area contributed by atoms with E-state index < -0.39 is 17.8 Å². The third-order valence-corrected chi connectivity index (χ3v) is 7.48. The molecule has 224 valence electrons. The highest BCUT2D eigenvalue weighted by atomic mass is 16.5. The minimum Gasteiger partial charge on any atom is -0.493 e. The Labute approximate surface area is 260 Å². The lowest BCUT2D eigenvalue weighted by molar-refractivity contribution is -0.122. The number of methoxy groups -OCH3 is 1. The minimum atomic E-state index is -0.828. The summed E-state index contributed by atoms with van der Waals surface area (Å²) in [6, 6.07) is 33.0. The Morgan fingerprint density at radius 2 is 1.51 bits per heavy atom. The van der Waals surface area contributed by atoms with Gasteiger partial charge in [0.1, 0.15) is 24.5 Å². The number of urea groups is 1. The molecule has 5 aromatic rings. The number of nitrogens with zero attached hydrogens (tertiary/aromatic N) is 1. The SMILES string of the molecule is COc1cc(/C=C2\C(=O)NC(=O)N(c3ccc(OCc4ccc(C)cc4)cc3)C2=O)ccc1OCc1cccc2ccccc12. The molecule has 1 N–H and O–H groups in total. The normalized spacial score (nSPS) is 14.0. The van der Waals surface area contributed by atoms with Crippen molar-refractivity contribution in [2.75, 3.05) is 12.0 Å². The average molecular weight is 599 g/mol. The predicted molar refractivity (Wildman–Crippen MR) is 172 cm³/mol. The van der Waals surface area contributed by atoms with Gasteiger partial charge >= 0.3 is 6.03 Å². The third kappa shape index (κ3) is 6.40. The van der Waals surface area contributed by atoms with Crippen LogP contribution in [0.15, 0.2) is 115 Å². The molecule has 1 fully saturated rings. The van der Waals surface area contributed by atoms with Crippen LogP contribution in [0.2, 0.25) is 0 Å². The van der Waals surface area contributed by atoms with Crippen LogP contribution in [0.5, 0.6) is 17.2 Å². The van der Waals surface area contributed by atoms with Crippen molar-refractivity contribution in [3.63, 3.8) is 0 Å². The maximum Gasteiger partial charge on any atom is 0.335 e. The van der Waals surface area contributed by atoms with Gasteiger partial charge in [0, 0.05) is 0 Å². The number of anilines is 1. The van der Waals surface area contributed by atoms with E-state index in [1.807, 2.05) is 55.5 Å². The van der Waals surface area contributed by atoms with Crippen LogP contribution in [0, 0.1) is 6.92 Å². The highest BCUT2D eigenvalue weighted by Crippen LogP contribution is 2.31. The van der Waals surface area contributed by atoms with Gasteiger partial charge < -0.3 is 14.2 Å². The molecule has 0 saturated carbocycles. The highest BCUT2D eigenvalue weighted by Gasteiger charge is 2.36. The zero-order valence-electron chi connectivity index (χ0n) is 24.8. The molecule has 1 aliphatic heterocycles. The van der Waals surface area contributed by atoms with E-state index in [0.717, 1.165) is 32.4 Å². The fraction of sp³-hybridized carbons (Fsp3) is 0.108. The molecule has 0 bridgehead atoms. The van der Waals surface area contributed by atoms with E-state index in [4.69, 9.17) is 14.2 Å². The Balaban J connectivity index is 1.17. The standard InChI is InChI=1S/C37H30N2O6/c1-24-10-12-25(13-11-24)22-44-30-17-15-29(16-18-30)39-36(41)32(35(40)38-37(39)42)20-26-14-19-33(34(21-26)43-2)45-23-28-8-5-7-27-6-3-4-9-31(27)28/h3-21H,22-23H2,1-2H3,(H,38,40,42)/b32-20+. The van der Waals surface area contributed by atoms with Gasteiger partial charge in [0.2, 0.25) is 0 Å². The van der Waals surface area contributed by atoms with Crippen molar-refractivity contribution in [3.8, 4) is 17.2 Å². The second-order valence-corrected chi connectivity index (χ2v) is 10.6. The number of aryl methyl sites for hydroxylation is 1. The molecule has 1 saturated heterocycles. The molecule has 0 unspecified atom stereocenters. The number of ether oxygens (including phenoxy) is 3. The molecule has 8 nitrogen and oxygen atoms in total. The molecule has 0 spiro atoms. The van der Waals surface area contributed by atoms with Gasteiger partial charge in [-0.1, -0.05) is 78.4 Å². The molecule has 0 aliphatic carbocycles. The smallest absolute Gasteiger partial charge is 0.335 e. The molecule has 5 aromatic carbocycles. The summed E-state index contributed by atoms with van der Waals surface area (Å²) in [7, 11) is 1.52. The van der Waals surface area contributed by atoms with E-state index in [-0.39, 0.29) is 5.57 Å². The van der Waals surface area contributed by atoms with E-state index in [9.17, 15) is 14.4 Å². The summed E-state index contributed by atoms with van der Waals surface area (Å²) in [5, 5.41) is 4.48. The van der Waals surface area contributed by atoms with Crippen molar-refractivity contribution in [1.82, 2.24) is 5.32 Å².